The summed E-state index contributed by atoms with van der Waals surface area (Å²) in [5, 5.41) is 3.11. The first kappa shape index (κ1) is 17.3. The van der Waals surface area contributed by atoms with Crippen molar-refractivity contribution in [3.63, 3.8) is 0 Å². The summed E-state index contributed by atoms with van der Waals surface area (Å²) < 4.78 is 10.8. The number of amides is 1. The van der Waals surface area contributed by atoms with Crippen molar-refractivity contribution in [3.05, 3.63) is 42.1 Å². The number of para-hydroxylation sites is 2. The highest BCUT2D eigenvalue weighted by Crippen LogP contribution is 2.30. The van der Waals surface area contributed by atoms with Gasteiger partial charge in [0, 0.05) is 25.0 Å². The largest absolute Gasteiger partial charge is 0.495 e. The van der Waals surface area contributed by atoms with Crippen LogP contribution in [0.15, 0.2) is 35.1 Å². The van der Waals surface area contributed by atoms with Gasteiger partial charge in [0.1, 0.15) is 11.5 Å². The highest BCUT2D eigenvalue weighted by atomic mass is 16.5. The first-order valence-corrected chi connectivity index (χ1v) is 8.72. The lowest BCUT2D eigenvalue weighted by Crippen LogP contribution is -2.48. The van der Waals surface area contributed by atoms with Gasteiger partial charge in [-0.3, -0.25) is 4.79 Å². The monoisotopic (exact) mass is 343 g/mol. The SMILES string of the molecule is COc1ccccc1N1CCC[C@@H](NC(=O)c2ncoc2C(C)C)C1. The number of nitrogens with zero attached hydrogens (tertiary/aromatic N) is 2. The third-order valence-corrected chi connectivity index (χ3v) is 4.52. The molecule has 2 heterocycles. The summed E-state index contributed by atoms with van der Waals surface area (Å²) in [4.78, 5) is 18.9. The number of hydrogen-bond donors (Lipinski definition) is 1. The summed E-state index contributed by atoms with van der Waals surface area (Å²) in [6.07, 6.45) is 3.30. The van der Waals surface area contributed by atoms with E-state index < -0.39 is 0 Å². The van der Waals surface area contributed by atoms with Crippen molar-refractivity contribution in [2.24, 2.45) is 0 Å². The van der Waals surface area contributed by atoms with E-state index in [4.69, 9.17) is 9.15 Å². The Morgan fingerprint density at radius 1 is 1.40 bits per heavy atom. The van der Waals surface area contributed by atoms with Crippen LogP contribution < -0.4 is 15.0 Å². The van der Waals surface area contributed by atoms with Gasteiger partial charge in [-0.05, 0) is 25.0 Å². The number of rotatable bonds is 5. The van der Waals surface area contributed by atoms with Crippen molar-refractivity contribution < 1.29 is 13.9 Å². The Bertz CT molecular complexity index is 726. The van der Waals surface area contributed by atoms with Crippen LogP contribution in [0.2, 0.25) is 0 Å². The second-order valence-electron chi connectivity index (χ2n) is 6.65. The van der Waals surface area contributed by atoms with Gasteiger partial charge in [-0.2, -0.15) is 0 Å². The number of oxazole rings is 1. The molecule has 1 aliphatic rings. The maximum absolute atomic E-state index is 12.6. The van der Waals surface area contributed by atoms with Crippen LogP contribution in [0.25, 0.3) is 0 Å². The molecular formula is C19H25N3O3. The van der Waals surface area contributed by atoms with Gasteiger partial charge < -0.3 is 19.4 Å². The summed E-state index contributed by atoms with van der Waals surface area (Å²) in [7, 11) is 1.68. The number of benzene rings is 1. The maximum atomic E-state index is 12.6. The molecule has 1 aromatic heterocycles. The minimum absolute atomic E-state index is 0.0721. The molecule has 1 aromatic carbocycles. The highest BCUT2D eigenvalue weighted by molar-refractivity contribution is 5.93. The Kier molecular flexibility index (Phi) is 5.26. The van der Waals surface area contributed by atoms with Crippen molar-refractivity contribution in [3.8, 4) is 5.75 Å². The minimum atomic E-state index is -0.163. The summed E-state index contributed by atoms with van der Waals surface area (Å²) in [5.74, 6) is 1.45. The van der Waals surface area contributed by atoms with Gasteiger partial charge >= 0.3 is 0 Å². The Morgan fingerprint density at radius 2 is 2.20 bits per heavy atom. The molecule has 0 bridgehead atoms. The van der Waals surface area contributed by atoms with E-state index in [0.717, 1.165) is 37.4 Å². The Balaban J connectivity index is 1.69. The summed E-state index contributed by atoms with van der Waals surface area (Å²) in [6, 6.07) is 8.05. The zero-order chi connectivity index (χ0) is 17.8. The van der Waals surface area contributed by atoms with Gasteiger partial charge in [0.2, 0.25) is 0 Å². The standard InChI is InChI=1S/C19H25N3O3/c1-13(2)18-17(20-12-25-18)19(23)21-14-7-6-10-22(11-14)15-8-4-5-9-16(15)24-3/h4-5,8-9,12-14H,6-7,10-11H2,1-3H3,(H,21,23)/t14-/m1/s1. The second kappa shape index (κ2) is 7.59. The zero-order valence-electron chi connectivity index (χ0n) is 15.0. The molecule has 134 valence electrons. The fourth-order valence-corrected chi connectivity index (χ4v) is 3.29. The molecule has 0 saturated carbocycles. The number of nitrogens with one attached hydrogen (secondary N) is 1. The van der Waals surface area contributed by atoms with E-state index in [0.29, 0.717) is 11.5 Å². The number of carbonyl (C=O) groups excluding carboxylic acids is 1. The maximum Gasteiger partial charge on any atom is 0.273 e. The summed E-state index contributed by atoms with van der Waals surface area (Å²) in [5.41, 5.74) is 1.46. The molecule has 1 aliphatic heterocycles. The van der Waals surface area contributed by atoms with Gasteiger partial charge in [-0.1, -0.05) is 26.0 Å². The van der Waals surface area contributed by atoms with Crippen LogP contribution in [-0.4, -0.2) is 37.1 Å². The Labute approximate surface area is 148 Å². The summed E-state index contributed by atoms with van der Waals surface area (Å²) >= 11 is 0. The van der Waals surface area contributed by atoms with E-state index in [1.165, 1.54) is 6.39 Å². The van der Waals surface area contributed by atoms with E-state index in [1.54, 1.807) is 7.11 Å². The third kappa shape index (κ3) is 3.78. The number of piperidine rings is 1. The molecule has 0 aliphatic carbocycles. The van der Waals surface area contributed by atoms with Crippen LogP contribution in [0.3, 0.4) is 0 Å². The number of aromatic nitrogens is 1. The molecule has 3 rings (SSSR count). The molecule has 1 amide bonds. The minimum Gasteiger partial charge on any atom is -0.495 e. The molecule has 1 saturated heterocycles. The van der Waals surface area contributed by atoms with Crippen molar-refractivity contribution in [1.82, 2.24) is 10.3 Å². The average molecular weight is 343 g/mol. The molecular weight excluding hydrogens is 318 g/mol. The lowest BCUT2D eigenvalue weighted by atomic mass is 10.0. The Morgan fingerprint density at radius 3 is 2.96 bits per heavy atom. The molecule has 0 spiro atoms. The molecule has 6 nitrogen and oxygen atoms in total. The van der Waals surface area contributed by atoms with Gasteiger partial charge in [0.25, 0.3) is 5.91 Å². The van der Waals surface area contributed by atoms with Crippen molar-refractivity contribution in [1.29, 1.82) is 0 Å². The van der Waals surface area contributed by atoms with Gasteiger partial charge in [-0.15, -0.1) is 0 Å². The molecule has 1 atom stereocenters. The van der Waals surface area contributed by atoms with Crippen LogP contribution in [0, 0.1) is 0 Å². The quantitative estimate of drug-likeness (QED) is 0.903. The predicted molar refractivity (Wildman–Crippen MR) is 96.3 cm³/mol. The second-order valence-corrected chi connectivity index (χ2v) is 6.65. The van der Waals surface area contributed by atoms with Crippen molar-refractivity contribution >= 4 is 11.6 Å². The molecule has 25 heavy (non-hydrogen) atoms. The number of hydrogen-bond acceptors (Lipinski definition) is 5. The normalized spacial score (nSPS) is 17.6. The van der Waals surface area contributed by atoms with E-state index in [9.17, 15) is 4.79 Å². The molecule has 2 aromatic rings. The lowest BCUT2D eigenvalue weighted by molar-refractivity contribution is 0.0926. The predicted octanol–water partition coefficient (Wildman–Crippen LogP) is 3.21. The van der Waals surface area contributed by atoms with Gasteiger partial charge in [-0.25, -0.2) is 4.98 Å². The molecule has 1 fully saturated rings. The molecule has 0 radical (unpaired) electrons. The number of anilines is 1. The van der Waals surface area contributed by atoms with Crippen LogP contribution >= 0.6 is 0 Å². The van der Waals surface area contributed by atoms with E-state index in [1.807, 2.05) is 32.0 Å². The molecule has 1 N–H and O–H groups in total. The van der Waals surface area contributed by atoms with Crippen LogP contribution in [0.1, 0.15) is 48.9 Å². The van der Waals surface area contributed by atoms with Gasteiger partial charge in [0.15, 0.2) is 12.1 Å². The average Bonchev–Trinajstić information content (AvgIpc) is 3.12. The third-order valence-electron chi connectivity index (χ3n) is 4.52. The zero-order valence-corrected chi connectivity index (χ0v) is 15.0. The number of methoxy groups -OCH3 is 1. The number of ether oxygens (including phenoxy) is 1. The van der Waals surface area contributed by atoms with Crippen LogP contribution in [0.5, 0.6) is 5.75 Å². The fraction of sp³-hybridized carbons (Fsp3) is 0.474. The first-order chi connectivity index (χ1) is 12.1. The van der Waals surface area contributed by atoms with E-state index >= 15 is 0 Å². The van der Waals surface area contributed by atoms with Crippen molar-refractivity contribution in [2.75, 3.05) is 25.1 Å². The smallest absolute Gasteiger partial charge is 0.273 e. The first-order valence-electron chi connectivity index (χ1n) is 8.72. The van der Waals surface area contributed by atoms with Crippen LogP contribution in [-0.2, 0) is 0 Å². The van der Waals surface area contributed by atoms with E-state index in [2.05, 4.69) is 21.3 Å². The topological polar surface area (TPSA) is 67.6 Å². The highest BCUT2D eigenvalue weighted by Gasteiger charge is 2.26. The fourth-order valence-electron chi connectivity index (χ4n) is 3.29. The van der Waals surface area contributed by atoms with Gasteiger partial charge in [0.05, 0.1) is 12.8 Å². The Hall–Kier alpha value is -2.50. The molecule has 6 heteroatoms. The number of carbonyl (C=O) groups is 1. The molecule has 0 unspecified atom stereocenters. The van der Waals surface area contributed by atoms with E-state index in [-0.39, 0.29) is 17.9 Å². The summed E-state index contributed by atoms with van der Waals surface area (Å²) in [6.45, 7) is 5.68. The lowest BCUT2D eigenvalue weighted by Gasteiger charge is -2.35. The van der Waals surface area contributed by atoms with Crippen LogP contribution in [0.4, 0.5) is 5.69 Å². The van der Waals surface area contributed by atoms with Crippen molar-refractivity contribution in [2.45, 2.75) is 38.6 Å².